The highest BCUT2D eigenvalue weighted by Crippen LogP contribution is 2.31. The third kappa shape index (κ3) is 4.77. The molecular formula is C26H24N2O5S. The number of thioether (sulfide) groups is 1. The van der Waals surface area contributed by atoms with Crippen LogP contribution in [-0.4, -0.2) is 41.9 Å². The molecule has 0 aliphatic carbocycles. The van der Waals surface area contributed by atoms with Crippen molar-refractivity contribution in [2.45, 2.75) is 12.1 Å². The molecule has 0 N–H and O–H groups in total. The van der Waals surface area contributed by atoms with Gasteiger partial charge < -0.3 is 14.2 Å². The van der Waals surface area contributed by atoms with Gasteiger partial charge in [0.15, 0.2) is 22.4 Å². The summed E-state index contributed by atoms with van der Waals surface area (Å²) in [4.78, 5) is 31.0. The number of Topliss-reactive ketones (excluding diaryl/α,β-unsaturated/α-hetero) is 1. The molecule has 0 spiro atoms. The zero-order chi connectivity index (χ0) is 24.1. The number of rotatable bonds is 9. The third-order valence-corrected chi connectivity index (χ3v) is 6.13. The van der Waals surface area contributed by atoms with Crippen molar-refractivity contribution in [1.82, 2.24) is 9.55 Å². The van der Waals surface area contributed by atoms with E-state index in [1.807, 2.05) is 13.0 Å². The van der Waals surface area contributed by atoms with Crippen LogP contribution in [0.3, 0.4) is 0 Å². The number of aromatic nitrogens is 2. The fourth-order valence-electron chi connectivity index (χ4n) is 3.52. The second-order valence-corrected chi connectivity index (χ2v) is 8.20. The Morgan fingerprint density at radius 3 is 2.41 bits per heavy atom. The monoisotopic (exact) mass is 476 g/mol. The largest absolute Gasteiger partial charge is 0.494 e. The summed E-state index contributed by atoms with van der Waals surface area (Å²) in [5.41, 5.74) is 1.47. The van der Waals surface area contributed by atoms with Crippen molar-refractivity contribution in [1.29, 1.82) is 0 Å². The first kappa shape index (κ1) is 23.4. The molecule has 0 aliphatic rings. The number of carbonyl (C=O) groups is 1. The number of hydrogen-bond donors (Lipinski definition) is 0. The number of fused-ring (bicyclic) bond motifs is 1. The maximum absolute atomic E-state index is 13.5. The van der Waals surface area contributed by atoms with Gasteiger partial charge in [-0.2, -0.15) is 0 Å². The number of hydrogen-bond acceptors (Lipinski definition) is 7. The molecule has 7 nitrogen and oxygen atoms in total. The van der Waals surface area contributed by atoms with Gasteiger partial charge in [-0.1, -0.05) is 23.9 Å². The van der Waals surface area contributed by atoms with E-state index >= 15 is 0 Å². The number of carbonyl (C=O) groups excluding carboxylic acids is 1. The van der Waals surface area contributed by atoms with Gasteiger partial charge in [-0.05, 0) is 55.5 Å². The van der Waals surface area contributed by atoms with Gasteiger partial charge in [0, 0.05) is 11.6 Å². The smallest absolute Gasteiger partial charge is 0.266 e. The fourth-order valence-corrected chi connectivity index (χ4v) is 4.43. The van der Waals surface area contributed by atoms with E-state index in [1.165, 1.54) is 23.4 Å². The van der Waals surface area contributed by atoms with Crippen molar-refractivity contribution in [2.75, 3.05) is 26.6 Å². The summed E-state index contributed by atoms with van der Waals surface area (Å²) in [6.45, 7) is 2.47. The standard InChI is InChI=1S/C26H24N2O5S/c1-4-33-19-12-9-17(10-13-19)22(29)16-34-26-27-21-8-6-5-7-20(21)25(30)28(26)18-11-14-23(31-2)24(15-18)32-3/h5-15H,4,16H2,1-3H3. The number of ether oxygens (including phenoxy) is 3. The van der Waals surface area contributed by atoms with E-state index < -0.39 is 0 Å². The quantitative estimate of drug-likeness (QED) is 0.195. The van der Waals surface area contributed by atoms with Crippen LogP contribution >= 0.6 is 11.8 Å². The highest BCUT2D eigenvalue weighted by atomic mass is 32.2. The minimum absolute atomic E-state index is 0.0747. The molecule has 4 rings (SSSR count). The van der Waals surface area contributed by atoms with Crippen molar-refractivity contribution in [3.05, 3.63) is 82.6 Å². The molecule has 1 aromatic heterocycles. The van der Waals surface area contributed by atoms with Gasteiger partial charge in [0.1, 0.15) is 5.75 Å². The molecule has 0 unspecified atom stereocenters. The first-order valence-corrected chi connectivity index (χ1v) is 11.7. The Bertz CT molecular complexity index is 1380. The van der Waals surface area contributed by atoms with Gasteiger partial charge >= 0.3 is 0 Å². The molecule has 0 saturated heterocycles. The number of methoxy groups -OCH3 is 2. The molecular weight excluding hydrogens is 452 g/mol. The van der Waals surface area contributed by atoms with Crippen LogP contribution in [0, 0.1) is 0 Å². The van der Waals surface area contributed by atoms with E-state index in [-0.39, 0.29) is 17.1 Å². The van der Waals surface area contributed by atoms with Crippen LogP contribution in [0.15, 0.2) is 76.7 Å². The lowest BCUT2D eigenvalue weighted by Gasteiger charge is -2.15. The van der Waals surface area contributed by atoms with Gasteiger partial charge in [0.05, 0.1) is 43.2 Å². The Balaban J connectivity index is 1.72. The Kier molecular flexibility index (Phi) is 7.18. The normalized spacial score (nSPS) is 10.8. The van der Waals surface area contributed by atoms with Crippen molar-refractivity contribution >= 4 is 28.4 Å². The minimum Gasteiger partial charge on any atom is -0.494 e. The van der Waals surface area contributed by atoms with E-state index in [1.54, 1.807) is 67.8 Å². The third-order valence-electron chi connectivity index (χ3n) is 5.19. The number of para-hydroxylation sites is 1. The molecule has 4 aromatic rings. The first-order chi connectivity index (χ1) is 16.5. The average Bonchev–Trinajstić information content (AvgIpc) is 2.87. The van der Waals surface area contributed by atoms with E-state index in [0.29, 0.717) is 51.2 Å². The zero-order valence-electron chi connectivity index (χ0n) is 19.1. The SMILES string of the molecule is CCOc1ccc(C(=O)CSc2nc3ccccc3c(=O)n2-c2ccc(OC)c(OC)c2)cc1. The number of ketones is 1. The second kappa shape index (κ2) is 10.4. The van der Waals surface area contributed by atoms with Crippen LogP contribution in [-0.2, 0) is 0 Å². The molecule has 0 aliphatic heterocycles. The molecule has 8 heteroatoms. The van der Waals surface area contributed by atoms with Gasteiger partial charge in [0.25, 0.3) is 5.56 Å². The van der Waals surface area contributed by atoms with Crippen LogP contribution in [0.2, 0.25) is 0 Å². The molecule has 0 bridgehead atoms. The van der Waals surface area contributed by atoms with Gasteiger partial charge in [0.2, 0.25) is 0 Å². The summed E-state index contributed by atoms with van der Waals surface area (Å²) < 4.78 is 17.7. The molecule has 3 aromatic carbocycles. The lowest BCUT2D eigenvalue weighted by atomic mass is 10.1. The second-order valence-electron chi connectivity index (χ2n) is 7.26. The zero-order valence-corrected chi connectivity index (χ0v) is 19.9. The highest BCUT2D eigenvalue weighted by Gasteiger charge is 2.17. The van der Waals surface area contributed by atoms with E-state index in [4.69, 9.17) is 19.2 Å². The molecule has 0 amide bonds. The lowest BCUT2D eigenvalue weighted by molar-refractivity contribution is 0.102. The van der Waals surface area contributed by atoms with Gasteiger partial charge in [-0.15, -0.1) is 0 Å². The summed E-state index contributed by atoms with van der Waals surface area (Å²) in [6, 6.07) is 19.4. The van der Waals surface area contributed by atoms with E-state index in [9.17, 15) is 9.59 Å². The predicted octanol–water partition coefficient (Wildman–Crippen LogP) is 4.78. The molecule has 0 radical (unpaired) electrons. The van der Waals surface area contributed by atoms with Gasteiger partial charge in [-0.25, -0.2) is 4.98 Å². The van der Waals surface area contributed by atoms with Crippen molar-refractivity contribution in [3.63, 3.8) is 0 Å². The molecule has 1 heterocycles. The number of benzene rings is 3. The van der Waals surface area contributed by atoms with Crippen LogP contribution in [0.4, 0.5) is 0 Å². The molecule has 34 heavy (non-hydrogen) atoms. The first-order valence-electron chi connectivity index (χ1n) is 10.7. The van der Waals surface area contributed by atoms with Gasteiger partial charge in [-0.3, -0.25) is 14.2 Å². The summed E-state index contributed by atoms with van der Waals surface area (Å²) >= 11 is 1.21. The Morgan fingerprint density at radius 2 is 1.71 bits per heavy atom. The van der Waals surface area contributed by atoms with E-state index in [2.05, 4.69) is 0 Å². The maximum atomic E-state index is 13.5. The Hall–Kier alpha value is -3.78. The Labute approximate surface area is 201 Å². The highest BCUT2D eigenvalue weighted by molar-refractivity contribution is 7.99. The van der Waals surface area contributed by atoms with E-state index in [0.717, 1.165) is 0 Å². The van der Waals surface area contributed by atoms with Crippen molar-refractivity contribution in [3.8, 4) is 22.9 Å². The maximum Gasteiger partial charge on any atom is 0.266 e. The Morgan fingerprint density at radius 1 is 0.971 bits per heavy atom. The van der Waals surface area contributed by atoms with Crippen LogP contribution in [0.5, 0.6) is 17.2 Å². The average molecular weight is 477 g/mol. The molecule has 174 valence electrons. The minimum atomic E-state index is -0.228. The van der Waals surface area contributed by atoms with Crippen LogP contribution < -0.4 is 19.8 Å². The fraction of sp³-hybridized carbons (Fsp3) is 0.192. The summed E-state index contributed by atoms with van der Waals surface area (Å²) in [5, 5.41) is 0.898. The summed E-state index contributed by atoms with van der Waals surface area (Å²) in [6.07, 6.45) is 0. The summed E-state index contributed by atoms with van der Waals surface area (Å²) in [7, 11) is 3.09. The molecule has 0 saturated carbocycles. The molecule has 0 fully saturated rings. The van der Waals surface area contributed by atoms with Crippen LogP contribution in [0.25, 0.3) is 16.6 Å². The lowest BCUT2D eigenvalue weighted by Crippen LogP contribution is -2.22. The topological polar surface area (TPSA) is 79.7 Å². The summed E-state index contributed by atoms with van der Waals surface area (Å²) in [5.74, 6) is 1.79. The van der Waals surface area contributed by atoms with Crippen molar-refractivity contribution in [2.24, 2.45) is 0 Å². The van der Waals surface area contributed by atoms with Crippen LogP contribution in [0.1, 0.15) is 17.3 Å². The predicted molar refractivity (Wildman–Crippen MR) is 133 cm³/mol. The number of nitrogens with zero attached hydrogens (tertiary/aromatic N) is 2. The van der Waals surface area contributed by atoms with Crippen molar-refractivity contribution < 1.29 is 19.0 Å². The molecule has 0 atom stereocenters.